The first-order chi connectivity index (χ1) is 9.63. The molecule has 1 heterocycles. The molecule has 20 heavy (non-hydrogen) atoms. The van der Waals surface area contributed by atoms with Crippen molar-refractivity contribution in [3.63, 3.8) is 0 Å². The lowest BCUT2D eigenvalue weighted by atomic mass is 10.2. The van der Waals surface area contributed by atoms with Crippen molar-refractivity contribution in [3.05, 3.63) is 40.9 Å². The van der Waals surface area contributed by atoms with Crippen molar-refractivity contribution in [2.24, 2.45) is 0 Å². The van der Waals surface area contributed by atoms with Gasteiger partial charge in [-0.1, -0.05) is 12.1 Å². The van der Waals surface area contributed by atoms with Crippen LogP contribution in [-0.4, -0.2) is 28.9 Å². The number of hydrogen-bond acceptors (Lipinski definition) is 4. The second kappa shape index (κ2) is 6.52. The molecule has 0 spiro atoms. The van der Waals surface area contributed by atoms with Crippen LogP contribution in [0.3, 0.4) is 0 Å². The fraction of sp³-hybridized carbons (Fsp3) is 0.333. The number of aromatic nitrogens is 1. The molecule has 0 aliphatic heterocycles. The molecule has 1 aromatic heterocycles. The zero-order valence-corrected chi connectivity index (χ0v) is 12.8. The molecule has 106 valence electrons. The first-order valence-electron chi connectivity index (χ1n) is 6.72. The summed E-state index contributed by atoms with van der Waals surface area (Å²) in [5.74, 6) is -0.0106. The standard InChI is InChI=1S/C15H19N3OS/c1-4-18(5-2)14(19)13-10-20-15(17-13)16-12-8-6-7-11(3)9-12/h6-10H,4-5H2,1-3H3,(H,16,17). The molecule has 0 aliphatic rings. The van der Waals surface area contributed by atoms with Crippen LogP contribution in [0.15, 0.2) is 29.6 Å². The zero-order chi connectivity index (χ0) is 14.5. The number of benzene rings is 1. The summed E-state index contributed by atoms with van der Waals surface area (Å²) in [6.45, 7) is 7.39. The van der Waals surface area contributed by atoms with E-state index < -0.39 is 0 Å². The normalized spacial score (nSPS) is 10.3. The van der Waals surface area contributed by atoms with Crippen LogP contribution in [0.2, 0.25) is 0 Å². The van der Waals surface area contributed by atoms with Gasteiger partial charge in [-0.25, -0.2) is 4.98 Å². The lowest BCUT2D eigenvalue weighted by Gasteiger charge is -2.16. The fourth-order valence-electron chi connectivity index (χ4n) is 1.95. The highest BCUT2D eigenvalue weighted by Crippen LogP contribution is 2.22. The largest absolute Gasteiger partial charge is 0.338 e. The van der Waals surface area contributed by atoms with Crippen LogP contribution in [-0.2, 0) is 0 Å². The summed E-state index contributed by atoms with van der Waals surface area (Å²) in [5, 5.41) is 5.78. The first kappa shape index (κ1) is 14.5. The molecule has 0 radical (unpaired) electrons. The quantitative estimate of drug-likeness (QED) is 0.913. The van der Waals surface area contributed by atoms with Crippen molar-refractivity contribution in [1.29, 1.82) is 0 Å². The zero-order valence-electron chi connectivity index (χ0n) is 12.0. The average Bonchev–Trinajstić information content (AvgIpc) is 2.88. The van der Waals surface area contributed by atoms with E-state index in [1.54, 1.807) is 10.3 Å². The SMILES string of the molecule is CCN(CC)C(=O)c1csc(Nc2cccc(C)c2)n1. The van der Waals surface area contributed by atoms with Crippen molar-refractivity contribution in [2.75, 3.05) is 18.4 Å². The van der Waals surface area contributed by atoms with Gasteiger partial charge in [0.05, 0.1) is 0 Å². The molecule has 1 amide bonds. The Morgan fingerprint density at radius 3 is 2.75 bits per heavy atom. The minimum Gasteiger partial charge on any atom is -0.338 e. The second-order valence-corrected chi connectivity index (χ2v) is 5.37. The average molecular weight is 289 g/mol. The van der Waals surface area contributed by atoms with Crippen LogP contribution in [0.5, 0.6) is 0 Å². The van der Waals surface area contributed by atoms with E-state index in [0.29, 0.717) is 18.8 Å². The maximum Gasteiger partial charge on any atom is 0.273 e. The Labute approximate surface area is 123 Å². The van der Waals surface area contributed by atoms with Gasteiger partial charge < -0.3 is 10.2 Å². The van der Waals surface area contributed by atoms with Gasteiger partial charge in [-0.3, -0.25) is 4.79 Å². The number of nitrogens with one attached hydrogen (secondary N) is 1. The molecule has 0 bridgehead atoms. The first-order valence-corrected chi connectivity index (χ1v) is 7.60. The van der Waals surface area contributed by atoms with Gasteiger partial charge in [0.1, 0.15) is 5.69 Å². The Balaban J connectivity index is 2.11. The number of nitrogens with zero attached hydrogens (tertiary/aromatic N) is 2. The van der Waals surface area contributed by atoms with E-state index in [1.165, 1.54) is 16.9 Å². The number of aryl methyl sites for hydroxylation is 1. The highest BCUT2D eigenvalue weighted by molar-refractivity contribution is 7.14. The van der Waals surface area contributed by atoms with Gasteiger partial charge in [0, 0.05) is 24.2 Å². The van der Waals surface area contributed by atoms with Crippen LogP contribution in [0.25, 0.3) is 0 Å². The van der Waals surface area contributed by atoms with Crippen LogP contribution >= 0.6 is 11.3 Å². The third kappa shape index (κ3) is 3.36. The topological polar surface area (TPSA) is 45.2 Å². The van der Waals surface area contributed by atoms with Crippen molar-refractivity contribution in [1.82, 2.24) is 9.88 Å². The maximum atomic E-state index is 12.2. The molecule has 2 rings (SSSR count). The van der Waals surface area contributed by atoms with Gasteiger partial charge in [-0.15, -0.1) is 11.3 Å². The third-order valence-electron chi connectivity index (χ3n) is 3.04. The van der Waals surface area contributed by atoms with Crippen molar-refractivity contribution < 1.29 is 4.79 Å². The molecule has 4 nitrogen and oxygen atoms in total. The molecule has 1 aromatic carbocycles. The number of anilines is 2. The molecular weight excluding hydrogens is 270 g/mol. The Morgan fingerprint density at radius 2 is 2.10 bits per heavy atom. The Kier molecular flexibility index (Phi) is 4.74. The molecule has 0 unspecified atom stereocenters. The number of hydrogen-bond donors (Lipinski definition) is 1. The van der Waals surface area contributed by atoms with Crippen LogP contribution in [0, 0.1) is 6.92 Å². The Bertz CT molecular complexity index is 590. The van der Waals surface area contributed by atoms with Gasteiger partial charge in [0.25, 0.3) is 5.91 Å². The summed E-state index contributed by atoms with van der Waals surface area (Å²) < 4.78 is 0. The summed E-state index contributed by atoms with van der Waals surface area (Å²) in [6, 6.07) is 8.07. The van der Waals surface area contributed by atoms with E-state index in [9.17, 15) is 4.79 Å². The van der Waals surface area contributed by atoms with E-state index in [1.807, 2.05) is 45.0 Å². The summed E-state index contributed by atoms with van der Waals surface area (Å²) >= 11 is 1.45. The molecule has 0 fully saturated rings. The molecule has 0 atom stereocenters. The molecule has 5 heteroatoms. The fourth-order valence-corrected chi connectivity index (χ4v) is 2.65. The third-order valence-corrected chi connectivity index (χ3v) is 3.80. The minimum atomic E-state index is -0.0106. The van der Waals surface area contributed by atoms with Gasteiger partial charge >= 0.3 is 0 Å². The monoisotopic (exact) mass is 289 g/mol. The Hall–Kier alpha value is -1.88. The van der Waals surface area contributed by atoms with Crippen LogP contribution < -0.4 is 5.32 Å². The predicted molar refractivity (Wildman–Crippen MR) is 83.8 cm³/mol. The van der Waals surface area contributed by atoms with E-state index in [4.69, 9.17) is 0 Å². The Morgan fingerprint density at radius 1 is 1.35 bits per heavy atom. The minimum absolute atomic E-state index is 0.0106. The van der Waals surface area contributed by atoms with Crippen LogP contribution in [0.4, 0.5) is 10.8 Å². The molecular formula is C15H19N3OS. The summed E-state index contributed by atoms with van der Waals surface area (Å²) in [4.78, 5) is 18.3. The number of carbonyl (C=O) groups is 1. The molecule has 0 aliphatic carbocycles. The van der Waals surface area contributed by atoms with Crippen molar-refractivity contribution in [3.8, 4) is 0 Å². The number of thiazole rings is 1. The number of rotatable bonds is 5. The smallest absolute Gasteiger partial charge is 0.273 e. The van der Waals surface area contributed by atoms with Crippen molar-refractivity contribution >= 4 is 28.1 Å². The summed E-state index contributed by atoms with van der Waals surface area (Å²) in [6.07, 6.45) is 0. The predicted octanol–water partition coefficient (Wildman–Crippen LogP) is 3.68. The number of carbonyl (C=O) groups excluding carboxylic acids is 1. The summed E-state index contributed by atoms with van der Waals surface area (Å²) in [7, 11) is 0. The van der Waals surface area contributed by atoms with E-state index in [-0.39, 0.29) is 5.91 Å². The van der Waals surface area contributed by atoms with Crippen LogP contribution in [0.1, 0.15) is 29.9 Å². The maximum absolute atomic E-state index is 12.2. The molecule has 2 aromatic rings. The number of amides is 1. The van der Waals surface area contributed by atoms with E-state index >= 15 is 0 Å². The van der Waals surface area contributed by atoms with E-state index in [0.717, 1.165) is 10.8 Å². The van der Waals surface area contributed by atoms with E-state index in [2.05, 4.69) is 10.3 Å². The molecule has 1 N–H and O–H groups in total. The van der Waals surface area contributed by atoms with Gasteiger partial charge in [0.2, 0.25) is 0 Å². The lowest BCUT2D eigenvalue weighted by Crippen LogP contribution is -2.30. The summed E-state index contributed by atoms with van der Waals surface area (Å²) in [5.41, 5.74) is 2.68. The lowest BCUT2D eigenvalue weighted by molar-refractivity contribution is 0.0768. The highest BCUT2D eigenvalue weighted by Gasteiger charge is 2.15. The molecule has 0 saturated heterocycles. The highest BCUT2D eigenvalue weighted by atomic mass is 32.1. The molecule has 0 saturated carbocycles. The van der Waals surface area contributed by atoms with Gasteiger partial charge in [-0.05, 0) is 38.5 Å². The van der Waals surface area contributed by atoms with Gasteiger partial charge in [0.15, 0.2) is 5.13 Å². The van der Waals surface area contributed by atoms with Gasteiger partial charge in [-0.2, -0.15) is 0 Å². The second-order valence-electron chi connectivity index (χ2n) is 4.51. The van der Waals surface area contributed by atoms with Crippen molar-refractivity contribution in [2.45, 2.75) is 20.8 Å².